The summed E-state index contributed by atoms with van der Waals surface area (Å²) in [6.07, 6.45) is 0.436. The van der Waals surface area contributed by atoms with Crippen LogP contribution in [0.2, 0.25) is 0 Å². The summed E-state index contributed by atoms with van der Waals surface area (Å²) >= 11 is 0. The number of hydrogen-bond acceptors (Lipinski definition) is 4. The molecule has 92 valence electrons. The number of rotatable bonds is 2. The molecule has 2 rings (SSSR count). The number of nitrogens with zero attached hydrogens (tertiary/aromatic N) is 3. The third-order valence-corrected chi connectivity index (χ3v) is 2.64. The molecule has 1 aliphatic rings. The van der Waals surface area contributed by atoms with Crippen molar-refractivity contribution < 1.29 is 19.4 Å². The van der Waals surface area contributed by atoms with Gasteiger partial charge in [-0.3, -0.25) is 4.68 Å². The van der Waals surface area contributed by atoms with Crippen LogP contribution >= 0.6 is 0 Å². The summed E-state index contributed by atoms with van der Waals surface area (Å²) in [5, 5.41) is 13.0. The molecule has 0 bridgehead atoms. The van der Waals surface area contributed by atoms with Crippen LogP contribution in [-0.4, -0.2) is 45.0 Å². The van der Waals surface area contributed by atoms with Gasteiger partial charge in [0, 0.05) is 6.54 Å². The Labute approximate surface area is 97.6 Å². The molecule has 2 heterocycles. The molecule has 1 amide bonds. The standard InChI is InChI=1S/C10H13N3O4/c1-2-17-9(14)7-5-11-13-4-3-12(10(15)16)6-8(7)13/h5H,2-4,6H2,1H3,(H,15,16). The summed E-state index contributed by atoms with van der Waals surface area (Å²) < 4.78 is 6.53. The fraction of sp³-hybridized carbons (Fsp3) is 0.500. The Morgan fingerprint density at radius 2 is 2.29 bits per heavy atom. The lowest BCUT2D eigenvalue weighted by Crippen LogP contribution is -2.38. The van der Waals surface area contributed by atoms with Gasteiger partial charge in [-0.05, 0) is 6.92 Å². The lowest BCUT2D eigenvalue weighted by Gasteiger charge is -2.25. The maximum atomic E-state index is 11.6. The second kappa shape index (κ2) is 4.44. The highest BCUT2D eigenvalue weighted by atomic mass is 16.5. The average molecular weight is 239 g/mol. The Hall–Kier alpha value is -2.05. The summed E-state index contributed by atoms with van der Waals surface area (Å²) in [5.41, 5.74) is 0.940. The first-order valence-corrected chi connectivity index (χ1v) is 5.33. The highest BCUT2D eigenvalue weighted by molar-refractivity contribution is 5.90. The maximum absolute atomic E-state index is 11.6. The van der Waals surface area contributed by atoms with Gasteiger partial charge >= 0.3 is 12.1 Å². The topological polar surface area (TPSA) is 84.7 Å². The van der Waals surface area contributed by atoms with Gasteiger partial charge in [-0.25, -0.2) is 9.59 Å². The molecule has 1 aromatic heterocycles. The lowest BCUT2D eigenvalue weighted by molar-refractivity contribution is 0.0521. The van der Waals surface area contributed by atoms with Gasteiger partial charge in [0.1, 0.15) is 5.56 Å². The third-order valence-electron chi connectivity index (χ3n) is 2.64. The molecular formula is C10H13N3O4. The molecule has 1 aliphatic heterocycles. The van der Waals surface area contributed by atoms with E-state index in [2.05, 4.69) is 5.10 Å². The van der Waals surface area contributed by atoms with Crippen molar-refractivity contribution in [2.45, 2.75) is 20.0 Å². The second-order valence-corrected chi connectivity index (χ2v) is 3.65. The van der Waals surface area contributed by atoms with Crippen molar-refractivity contribution in [2.75, 3.05) is 13.2 Å². The summed E-state index contributed by atoms with van der Waals surface area (Å²) in [5.74, 6) is -0.457. The monoisotopic (exact) mass is 239 g/mol. The maximum Gasteiger partial charge on any atom is 0.407 e. The van der Waals surface area contributed by atoms with Gasteiger partial charge in [-0.15, -0.1) is 0 Å². The van der Waals surface area contributed by atoms with Gasteiger partial charge in [0.15, 0.2) is 0 Å². The van der Waals surface area contributed by atoms with Gasteiger partial charge in [0.2, 0.25) is 0 Å². The number of carbonyl (C=O) groups excluding carboxylic acids is 1. The minimum Gasteiger partial charge on any atom is -0.465 e. The van der Waals surface area contributed by atoms with E-state index in [9.17, 15) is 9.59 Å². The van der Waals surface area contributed by atoms with Crippen LogP contribution in [0.4, 0.5) is 4.79 Å². The molecule has 7 nitrogen and oxygen atoms in total. The van der Waals surface area contributed by atoms with E-state index >= 15 is 0 Å². The van der Waals surface area contributed by atoms with Crippen molar-refractivity contribution in [3.05, 3.63) is 17.5 Å². The van der Waals surface area contributed by atoms with Crippen molar-refractivity contribution in [2.24, 2.45) is 0 Å². The Balaban J connectivity index is 2.25. The molecule has 0 spiro atoms. The predicted molar refractivity (Wildman–Crippen MR) is 56.6 cm³/mol. The van der Waals surface area contributed by atoms with E-state index in [1.54, 1.807) is 11.6 Å². The zero-order valence-corrected chi connectivity index (χ0v) is 9.42. The van der Waals surface area contributed by atoms with Crippen molar-refractivity contribution in [1.82, 2.24) is 14.7 Å². The van der Waals surface area contributed by atoms with Crippen LogP contribution in [0.5, 0.6) is 0 Å². The average Bonchev–Trinajstić information content (AvgIpc) is 2.71. The molecule has 1 aromatic rings. The molecular weight excluding hydrogens is 226 g/mol. The number of aromatic nitrogens is 2. The van der Waals surface area contributed by atoms with E-state index in [-0.39, 0.29) is 13.2 Å². The van der Waals surface area contributed by atoms with Gasteiger partial charge in [0.25, 0.3) is 0 Å². The number of carbonyl (C=O) groups is 2. The number of fused-ring (bicyclic) bond motifs is 1. The molecule has 0 saturated carbocycles. The van der Waals surface area contributed by atoms with E-state index in [1.165, 1.54) is 11.1 Å². The van der Waals surface area contributed by atoms with Crippen LogP contribution < -0.4 is 0 Å². The fourth-order valence-corrected chi connectivity index (χ4v) is 1.79. The van der Waals surface area contributed by atoms with Crippen LogP contribution in [0.1, 0.15) is 23.0 Å². The largest absolute Gasteiger partial charge is 0.465 e. The van der Waals surface area contributed by atoms with Crippen LogP contribution in [0.25, 0.3) is 0 Å². The number of amides is 1. The minimum atomic E-state index is -0.993. The van der Waals surface area contributed by atoms with E-state index in [1.807, 2.05) is 0 Å². The normalized spacial score (nSPS) is 14.3. The summed E-state index contributed by atoms with van der Waals surface area (Å²) in [4.78, 5) is 23.7. The first-order chi connectivity index (χ1) is 8.13. The van der Waals surface area contributed by atoms with Crippen molar-refractivity contribution in [3.63, 3.8) is 0 Å². The first-order valence-electron chi connectivity index (χ1n) is 5.33. The van der Waals surface area contributed by atoms with E-state index in [0.29, 0.717) is 24.3 Å². The second-order valence-electron chi connectivity index (χ2n) is 3.65. The van der Waals surface area contributed by atoms with Gasteiger partial charge in [0.05, 0.1) is 31.6 Å². The molecule has 7 heteroatoms. The van der Waals surface area contributed by atoms with Crippen LogP contribution in [0.15, 0.2) is 6.20 Å². The number of esters is 1. The Morgan fingerprint density at radius 1 is 1.53 bits per heavy atom. The van der Waals surface area contributed by atoms with E-state index < -0.39 is 12.1 Å². The van der Waals surface area contributed by atoms with Crippen LogP contribution in [0, 0.1) is 0 Å². The Kier molecular flexibility index (Phi) is 2.99. The Morgan fingerprint density at radius 3 is 2.94 bits per heavy atom. The van der Waals surface area contributed by atoms with Gasteiger partial charge in [-0.1, -0.05) is 0 Å². The Bertz CT molecular complexity index is 454. The summed E-state index contributed by atoms with van der Waals surface area (Å²) in [6.45, 7) is 3.01. The van der Waals surface area contributed by atoms with E-state index in [4.69, 9.17) is 9.84 Å². The van der Waals surface area contributed by atoms with Gasteiger partial charge < -0.3 is 14.7 Å². The highest BCUT2D eigenvalue weighted by Gasteiger charge is 2.26. The molecule has 0 saturated heterocycles. The molecule has 0 radical (unpaired) electrons. The minimum absolute atomic E-state index is 0.170. The van der Waals surface area contributed by atoms with Gasteiger partial charge in [-0.2, -0.15) is 5.10 Å². The number of ether oxygens (including phenoxy) is 1. The molecule has 1 N–H and O–H groups in total. The predicted octanol–water partition coefficient (Wildman–Crippen LogP) is 0.553. The van der Waals surface area contributed by atoms with Crippen LogP contribution in [-0.2, 0) is 17.8 Å². The summed E-state index contributed by atoms with van der Waals surface area (Å²) in [7, 11) is 0. The highest BCUT2D eigenvalue weighted by Crippen LogP contribution is 2.17. The molecule has 17 heavy (non-hydrogen) atoms. The molecule has 0 unspecified atom stereocenters. The van der Waals surface area contributed by atoms with Crippen molar-refractivity contribution in [3.8, 4) is 0 Å². The smallest absolute Gasteiger partial charge is 0.407 e. The number of hydrogen-bond donors (Lipinski definition) is 1. The third kappa shape index (κ3) is 2.08. The van der Waals surface area contributed by atoms with E-state index in [0.717, 1.165) is 0 Å². The lowest BCUT2D eigenvalue weighted by atomic mass is 10.2. The molecule has 0 aliphatic carbocycles. The van der Waals surface area contributed by atoms with Crippen molar-refractivity contribution in [1.29, 1.82) is 0 Å². The first kappa shape index (κ1) is 11.4. The number of carboxylic acid groups (broad SMARTS) is 1. The van der Waals surface area contributed by atoms with Crippen molar-refractivity contribution >= 4 is 12.1 Å². The SMILES string of the molecule is CCOC(=O)c1cnn2c1CN(C(=O)O)CC2. The molecule has 0 atom stereocenters. The molecule has 0 fully saturated rings. The quantitative estimate of drug-likeness (QED) is 0.762. The zero-order valence-electron chi connectivity index (χ0n) is 9.42. The fourth-order valence-electron chi connectivity index (χ4n) is 1.79. The van der Waals surface area contributed by atoms with Crippen LogP contribution in [0.3, 0.4) is 0 Å². The summed E-state index contributed by atoms with van der Waals surface area (Å²) in [6, 6.07) is 0. The zero-order chi connectivity index (χ0) is 12.4. The molecule has 0 aromatic carbocycles.